The number of methoxy groups -OCH3 is 1. The first-order chi connectivity index (χ1) is 18.6. The number of nitrogens with one attached hydrogen (secondary N) is 1. The van der Waals surface area contributed by atoms with Gasteiger partial charge in [-0.15, -0.1) is 0 Å². The van der Waals surface area contributed by atoms with Crippen molar-refractivity contribution in [3.05, 3.63) is 82.8 Å². The van der Waals surface area contributed by atoms with E-state index in [9.17, 15) is 18.0 Å². The molecule has 1 N–H and O–H groups in total. The average Bonchev–Trinajstić information content (AvgIpc) is 2.94. The molecule has 3 aromatic rings. The summed E-state index contributed by atoms with van der Waals surface area (Å²) < 4.78 is 40.2. The van der Waals surface area contributed by atoms with Crippen LogP contribution >= 0.6 is 15.9 Å². The molecule has 0 aliphatic carbocycles. The maximum Gasteiger partial charge on any atom is 0.264 e. The Bertz CT molecular complexity index is 1380. The van der Waals surface area contributed by atoms with Gasteiger partial charge in [0.2, 0.25) is 11.8 Å². The first kappa shape index (κ1) is 30.0. The average molecular weight is 619 g/mol. The Balaban J connectivity index is 2.03. The van der Waals surface area contributed by atoms with E-state index >= 15 is 0 Å². The predicted octanol–water partition coefficient (Wildman–Crippen LogP) is 4.22. The van der Waals surface area contributed by atoms with Crippen LogP contribution < -0.4 is 19.1 Å². The molecule has 0 unspecified atom stereocenters. The van der Waals surface area contributed by atoms with Crippen LogP contribution in [-0.2, 0) is 26.2 Å². The van der Waals surface area contributed by atoms with E-state index in [-0.39, 0.29) is 23.0 Å². The van der Waals surface area contributed by atoms with Crippen molar-refractivity contribution >= 4 is 43.5 Å². The number of ether oxygens (including phenoxy) is 2. The molecule has 2 amide bonds. The largest absolute Gasteiger partial charge is 0.497 e. The van der Waals surface area contributed by atoms with Gasteiger partial charge in [-0.1, -0.05) is 28.1 Å². The molecule has 0 spiro atoms. The molecule has 0 saturated heterocycles. The molecule has 1 atom stereocenters. The topological polar surface area (TPSA) is 105 Å². The smallest absolute Gasteiger partial charge is 0.264 e. The first-order valence-electron chi connectivity index (χ1n) is 12.3. The van der Waals surface area contributed by atoms with E-state index in [1.54, 1.807) is 61.5 Å². The van der Waals surface area contributed by atoms with E-state index in [0.717, 1.165) is 9.87 Å². The zero-order valence-electron chi connectivity index (χ0n) is 22.3. The molecule has 3 aromatic carbocycles. The molecule has 0 saturated carbocycles. The lowest BCUT2D eigenvalue weighted by molar-refractivity contribution is -0.139. The minimum Gasteiger partial charge on any atom is -0.497 e. The third-order valence-electron chi connectivity index (χ3n) is 6.02. The van der Waals surface area contributed by atoms with E-state index in [2.05, 4.69) is 21.2 Å². The van der Waals surface area contributed by atoms with Gasteiger partial charge in [-0.25, -0.2) is 8.42 Å². The second-order valence-electron chi connectivity index (χ2n) is 8.56. The van der Waals surface area contributed by atoms with Crippen molar-refractivity contribution in [2.75, 3.05) is 31.6 Å². The van der Waals surface area contributed by atoms with Crippen LogP contribution in [0, 0.1) is 0 Å². The summed E-state index contributed by atoms with van der Waals surface area (Å²) in [4.78, 5) is 27.8. The second-order valence-corrected chi connectivity index (χ2v) is 11.3. The van der Waals surface area contributed by atoms with E-state index < -0.39 is 28.5 Å². The van der Waals surface area contributed by atoms with Crippen LogP contribution in [0.5, 0.6) is 11.5 Å². The monoisotopic (exact) mass is 617 g/mol. The molecule has 0 aliphatic heterocycles. The molecule has 39 heavy (non-hydrogen) atoms. The molecule has 0 bridgehead atoms. The first-order valence-corrected chi connectivity index (χ1v) is 14.5. The Morgan fingerprint density at radius 2 is 1.67 bits per heavy atom. The number of hydrogen-bond donors (Lipinski definition) is 1. The number of rotatable bonds is 12. The summed E-state index contributed by atoms with van der Waals surface area (Å²) >= 11 is 3.32. The van der Waals surface area contributed by atoms with Gasteiger partial charge in [0.25, 0.3) is 10.0 Å². The standard InChI is InChI=1S/C28H32BrN3O6S/c1-5-38-24-13-11-23(12-14-24)32(39(35,36)26-15-9-22(29)10-16-26)19-27(33)31(20(2)28(34)30-3)18-21-7-6-8-25(17-21)37-4/h6-17,20H,5,18-19H2,1-4H3,(H,30,34)/t20-/m0/s1. The maximum absolute atomic E-state index is 13.8. The fraction of sp³-hybridized carbons (Fsp3) is 0.286. The SMILES string of the molecule is CCOc1ccc(N(CC(=O)N(Cc2cccc(OC)c2)[C@@H](C)C(=O)NC)S(=O)(=O)c2ccc(Br)cc2)cc1. The summed E-state index contributed by atoms with van der Waals surface area (Å²) in [6, 6.07) is 18.9. The highest BCUT2D eigenvalue weighted by molar-refractivity contribution is 9.10. The van der Waals surface area contributed by atoms with Gasteiger partial charge in [0.1, 0.15) is 24.1 Å². The van der Waals surface area contributed by atoms with Crippen molar-refractivity contribution in [2.24, 2.45) is 0 Å². The van der Waals surface area contributed by atoms with Gasteiger partial charge in [0.15, 0.2) is 0 Å². The van der Waals surface area contributed by atoms with Crippen molar-refractivity contribution in [1.82, 2.24) is 10.2 Å². The van der Waals surface area contributed by atoms with Crippen LogP contribution in [0.2, 0.25) is 0 Å². The molecule has 11 heteroatoms. The Kier molecular flexibility index (Phi) is 10.4. The van der Waals surface area contributed by atoms with E-state index in [1.165, 1.54) is 31.2 Å². The zero-order valence-corrected chi connectivity index (χ0v) is 24.7. The van der Waals surface area contributed by atoms with Crippen molar-refractivity contribution in [3.8, 4) is 11.5 Å². The zero-order chi connectivity index (χ0) is 28.6. The highest BCUT2D eigenvalue weighted by atomic mass is 79.9. The molecular formula is C28H32BrN3O6S. The highest BCUT2D eigenvalue weighted by Crippen LogP contribution is 2.27. The minimum atomic E-state index is -4.16. The van der Waals surface area contributed by atoms with Crippen molar-refractivity contribution < 1.29 is 27.5 Å². The quantitative estimate of drug-likeness (QED) is 0.326. The number of likely N-dealkylation sites (N-methyl/N-ethyl adjacent to an activating group) is 1. The van der Waals surface area contributed by atoms with Gasteiger partial charge in [0, 0.05) is 18.1 Å². The van der Waals surface area contributed by atoms with E-state index in [1.807, 2.05) is 13.0 Å². The normalized spacial score (nSPS) is 11.8. The highest BCUT2D eigenvalue weighted by Gasteiger charge is 2.32. The number of sulfonamides is 1. The van der Waals surface area contributed by atoms with Crippen molar-refractivity contribution in [1.29, 1.82) is 0 Å². The summed E-state index contributed by atoms with van der Waals surface area (Å²) in [7, 11) is -1.13. The fourth-order valence-corrected chi connectivity index (χ4v) is 5.58. The number of benzene rings is 3. The number of nitrogens with zero attached hydrogens (tertiary/aromatic N) is 2. The van der Waals surface area contributed by atoms with E-state index in [4.69, 9.17) is 9.47 Å². The number of halogens is 1. The summed E-state index contributed by atoms with van der Waals surface area (Å²) in [6.45, 7) is 3.44. The summed E-state index contributed by atoms with van der Waals surface area (Å²) in [5.41, 5.74) is 1.01. The maximum atomic E-state index is 13.8. The molecule has 0 heterocycles. The van der Waals surface area contributed by atoms with Gasteiger partial charge < -0.3 is 19.7 Å². The number of anilines is 1. The van der Waals surface area contributed by atoms with Crippen LogP contribution in [0.25, 0.3) is 0 Å². The van der Waals surface area contributed by atoms with Gasteiger partial charge >= 0.3 is 0 Å². The molecular weight excluding hydrogens is 586 g/mol. The Morgan fingerprint density at radius 3 is 2.26 bits per heavy atom. The summed E-state index contributed by atoms with van der Waals surface area (Å²) in [5, 5.41) is 2.57. The van der Waals surface area contributed by atoms with Gasteiger partial charge in [-0.2, -0.15) is 0 Å². The summed E-state index contributed by atoms with van der Waals surface area (Å²) in [5.74, 6) is 0.237. The molecule has 3 rings (SSSR count). The fourth-order valence-electron chi connectivity index (χ4n) is 3.90. The Morgan fingerprint density at radius 1 is 1.00 bits per heavy atom. The van der Waals surface area contributed by atoms with Crippen LogP contribution in [0.1, 0.15) is 19.4 Å². The number of carbonyl (C=O) groups is 2. The molecule has 0 aliphatic rings. The third-order valence-corrected chi connectivity index (χ3v) is 8.33. The van der Waals surface area contributed by atoms with Gasteiger partial charge in [0.05, 0.1) is 24.3 Å². The number of hydrogen-bond acceptors (Lipinski definition) is 6. The number of amides is 2. The lowest BCUT2D eigenvalue weighted by atomic mass is 10.1. The minimum absolute atomic E-state index is 0.0195. The van der Waals surface area contributed by atoms with Crippen LogP contribution in [0.4, 0.5) is 5.69 Å². The van der Waals surface area contributed by atoms with Crippen LogP contribution in [-0.4, -0.2) is 58.5 Å². The van der Waals surface area contributed by atoms with Crippen LogP contribution in [0.15, 0.2) is 82.2 Å². The lowest BCUT2D eigenvalue weighted by Gasteiger charge is -2.32. The molecule has 0 radical (unpaired) electrons. The molecule has 0 fully saturated rings. The molecule has 0 aromatic heterocycles. The number of carbonyl (C=O) groups excluding carboxylic acids is 2. The molecule has 208 valence electrons. The van der Waals surface area contributed by atoms with Gasteiger partial charge in [-0.05, 0) is 80.1 Å². The summed E-state index contributed by atoms with van der Waals surface area (Å²) in [6.07, 6.45) is 0. The third kappa shape index (κ3) is 7.51. The lowest BCUT2D eigenvalue weighted by Crippen LogP contribution is -2.50. The second kappa shape index (κ2) is 13.5. The van der Waals surface area contributed by atoms with Crippen LogP contribution in [0.3, 0.4) is 0 Å². The van der Waals surface area contributed by atoms with E-state index in [0.29, 0.717) is 22.6 Å². The van der Waals surface area contributed by atoms with Crippen molar-refractivity contribution in [3.63, 3.8) is 0 Å². The van der Waals surface area contributed by atoms with Crippen molar-refractivity contribution in [2.45, 2.75) is 31.3 Å². The van der Waals surface area contributed by atoms with Gasteiger partial charge in [-0.3, -0.25) is 13.9 Å². The predicted molar refractivity (Wildman–Crippen MR) is 153 cm³/mol. The Hall–Kier alpha value is -3.57. The Labute approximate surface area is 237 Å². The molecule has 9 nitrogen and oxygen atoms in total.